The number of nitrogens with zero attached hydrogens (tertiary/aromatic N) is 1. The van der Waals surface area contributed by atoms with Crippen LogP contribution < -0.4 is 0 Å². The topological polar surface area (TPSA) is 36.1 Å². The fourth-order valence-corrected chi connectivity index (χ4v) is 2.49. The molecule has 0 saturated carbocycles. The lowest BCUT2D eigenvalue weighted by atomic mass is 10.3. The second-order valence-electron chi connectivity index (χ2n) is 3.14. The van der Waals surface area contributed by atoms with Crippen LogP contribution in [-0.2, 0) is 0 Å². The van der Waals surface area contributed by atoms with Gasteiger partial charge in [0.05, 0.1) is 5.02 Å². The smallest absolute Gasteiger partial charge is 0.270 e. The second-order valence-corrected chi connectivity index (χ2v) is 4.80. The standard InChI is InChI=1S/C9H11ClN2OS/c10-7-5-8(11-6-7)9(13)12-1-3-14-4-2-12/h5-6,11H,1-4H2. The average Bonchev–Trinajstić information content (AvgIpc) is 2.65. The lowest BCUT2D eigenvalue weighted by molar-refractivity contribution is 0.0767. The van der Waals surface area contributed by atoms with E-state index in [0.717, 1.165) is 24.6 Å². The first-order valence-corrected chi connectivity index (χ1v) is 6.01. The number of halogens is 1. The van der Waals surface area contributed by atoms with Gasteiger partial charge in [0.1, 0.15) is 5.69 Å². The number of aromatic amines is 1. The minimum Gasteiger partial charge on any atom is -0.356 e. The molecule has 5 heteroatoms. The van der Waals surface area contributed by atoms with Crippen LogP contribution in [-0.4, -0.2) is 40.4 Å². The monoisotopic (exact) mass is 230 g/mol. The largest absolute Gasteiger partial charge is 0.356 e. The van der Waals surface area contributed by atoms with E-state index in [1.165, 1.54) is 0 Å². The summed E-state index contributed by atoms with van der Waals surface area (Å²) in [5.41, 5.74) is 0.585. The summed E-state index contributed by atoms with van der Waals surface area (Å²) >= 11 is 7.62. The van der Waals surface area contributed by atoms with Gasteiger partial charge in [0.2, 0.25) is 0 Å². The molecule has 1 amide bonds. The fraction of sp³-hybridized carbons (Fsp3) is 0.444. The average molecular weight is 231 g/mol. The third kappa shape index (κ3) is 2.07. The Bertz CT molecular complexity index is 333. The van der Waals surface area contributed by atoms with Crippen LogP contribution in [0.25, 0.3) is 0 Å². The molecule has 0 atom stereocenters. The number of carbonyl (C=O) groups excluding carboxylic acids is 1. The third-order valence-corrected chi connectivity index (χ3v) is 3.34. The highest BCUT2D eigenvalue weighted by Gasteiger charge is 2.19. The Labute approximate surface area is 91.8 Å². The summed E-state index contributed by atoms with van der Waals surface area (Å²) < 4.78 is 0. The first-order chi connectivity index (χ1) is 6.77. The maximum absolute atomic E-state index is 11.8. The van der Waals surface area contributed by atoms with Crippen LogP contribution in [0.15, 0.2) is 12.3 Å². The van der Waals surface area contributed by atoms with E-state index in [0.29, 0.717) is 10.7 Å². The van der Waals surface area contributed by atoms with Crippen LogP contribution in [0.3, 0.4) is 0 Å². The molecule has 1 fully saturated rings. The van der Waals surface area contributed by atoms with Crippen molar-refractivity contribution in [1.82, 2.24) is 9.88 Å². The predicted octanol–water partition coefficient (Wildman–Crippen LogP) is 1.86. The molecule has 1 saturated heterocycles. The van der Waals surface area contributed by atoms with Crippen molar-refractivity contribution < 1.29 is 4.79 Å². The van der Waals surface area contributed by atoms with E-state index in [4.69, 9.17) is 11.6 Å². The maximum Gasteiger partial charge on any atom is 0.270 e. The van der Waals surface area contributed by atoms with Gasteiger partial charge in [-0.25, -0.2) is 0 Å². The van der Waals surface area contributed by atoms with E-state index in [1.807, 2.05) is 16.7 Å². The van der Waals surface area contributed by atoms with E-state index in [9.17, 15) is 4.79 Å². The Hall–Kier alpha value is -0.610. The highest BCUT2D eigenvalue weighted by Crippen LogP contribution is 2.15. The maximum atomic E-state index is 11.8. The molecule has 0 unspecified atom stereocenters. The Kier molecular flexibility index (Phi) is 3.03. The van der Waals surface area contributed by atoms with Crippen molar-refractivity contribution in [3.63, 3.8) is 0 Å². The number of hydrogen-bond donors (Lipinski definition) is 1. The molecule has 0 spiro atoms. The third-order valence-electron chi connectivity index (χ3n) is 2.18. The molecule has 1 aromatic rings. The summed E-state index contributed by atoms with van der Waals surface area (Å²) in [5.74, 6) is 2.11. The molecular formula is C9H11ClN2OS. The Morgan fingerprint density at radius 2 is 2.21 bits per heavy atom. The van der Waals surface area contributed by atoms with Crippen molar-refractivity contribution in [2.24, 2.45) is 0 Å². The molecule has 0 bridgehead atoms. The quantitative estimate of drug-likeness (QED) is 0.800. The van der Waals surface area contributed by atoms with Gasteiger partial charge < -0.3 is 9.88 Å². The fourth-order valence-electron chi connectivity index (χ4n) is 1.43. The number of hydrogen-bond acceptors (Lipinski definition) is 2. The number of H-pyrrole nitrogens is 1. The molecule has 2 heterocycles. The molecule has 76 valence electrons. The molecule has 0 radical (unpaired) electrons. The molecule has 1 aromatic heterocycles. The highest BCUT2D eigenvalue weighted by molar-refractivity contribution is 7.99. The number of carbonyl (C=O) groups is 1. The molecule has 0 aliphatic carbocycles. The SMILES string of the molecule is O=C(c1cc(Cl)c[nH]1)N1CCSCC1. The van der Waals surface area contributed by atoms with Gasteiger partial charge >= 0.3 is 0 Å². The Morgan fingerprint density at radius 1 is 1.50 bits per heavy atom. The van der Waals surface area contributed by atoms with Gasteiger partial charge in [-0.1, -0.05) is 11.6 Å². The minimum atomic E-state index is 0.0530. The van der Waals surface area contributed by atoms with Gasteiger partial charge in [0.15, 0.2) is 0 Å². The van der Waals surface area contributed by atoms with Gasteiger partial charge in [-0.05, 0) is 6.07 Å². The van der Waals surface area contributed by atoms with Gasteiger partial charge in [-0.15, -0.1) is 0 Å². The van der Waals surface area contributed by atoms with Crippen LogP contribution >= 0.6 is 23.4 Å². The number of aromatic nitrogens is 1. The Balaban J connectivity index is 2.07. The summed E-state index contributed by atoms with van der Waals surface area (Å²) in [6.07, 6.45) is 1.63. The number of rotatable bonds is 1. The number of nitrogens with one attached hydrogen (secondary N) is 1. The zero-order valence-corrected chi connectivity index (χ0v) is 9.20. The summed E-state index contributed by atoms with van der Waals surface area (Å²) in [7, 11) is 0. The van der Waals surface area contributed by atoms with Gasteiger partial charge in [-0.3, -0.25) is 4.79 Å². The van der Waals surface area contributed by atoms with Crippen molar-refractivity contribution in [3.8, 4) is 0 Å². The highest BCUT2D eigenvalue weighted by atomic mass is 35.5. The van der Waals surface area contributed by atoms with E-state index in [1.54, 1.807) is 12.3 Å². The predicted molar refractivity (Wildman–Crippen MR) is 59.0 cm³/mol. The van der Waals surface area contributed by atoms with Crippen LogP contribution in [0.4, 0.5) is 0 Å². The van der Waals surface area contributed by atoms with Crippen molar-refractivity contribution in [3.05, 3.63) is 23.0 Å². The number of thioether (sulfide) groups is 1. The summed E-state index contributed by atoms with van der Waals surface area (Å²) in [6.45, 7) is 1.67. The molecule has 2 rings (SSSR count). The van der Waals surface area contributed by atoms with Crippen LogP contribution in [0.1, 0.15) is 10.5 Å². The van der Waals surface area contributed by atoms with Gasteiger partial charge in [0.25, 0.3) is 5.91 Å². The Morgan fingerprint density at radius 3 is 2.79 bits per heavy atom. The van der Waals surface area contributed by atoms with Crippen LogP contribution in [0.2, 0.25) is 5.02 Å². The lowest BCUT2D eigenvalue weighted by Crippen LogP contribution is -2.38. The van der Waals surface area contributed by atoms with Crippen molar-refractivity contribution in [2.75, 3.05) is 24.6 Å². The van der Waals surface area contributed by atoms with Crippen molar-refractivity contribution in [2.45, 2.75) is 0 Å². The van der Waals surface area contributed by atoms with Crippen LogP contribution in [0, 0.1) is 0 Å². The molecule has 1 aliphatic rings. The molecule has 1 aliphatic heterocycles. The van der Waals surface area contributed by atoms with Crippen LogP contribution in [0.5, 0.6) is 0 Å². The van der Waals surface area contributed by atoms with E-state index in [2.05, 4.69) is 4.98 Å². The van der Waals surface area contributed by atoms with E-state index in [-0.39, 0.29) is 5.91 Å². The first-order valence-electron chi connectivity index (χ1n) is 4.48. The first kappa shape index (κ1) is 9.93. The summed E-state index contributed by atoms with van der Waals surface area (Å²) in [5, 5.41) is 0.583. The molecular weight excluding hydrogens is 220 g/mol. The summed E-state index contributed by atoms with van der Waals surface area (Å²) in [6, 6.07) is 1.67. The van der Waals surface area contributed by atoms with Crippen molar-refractivity contribution >= 4 is 29.3 Å². The van der Waals surface area contributed by atoms with E-state index >= 15 is 0 Å². The zero-order chi connectivity index (χ0) is 9.97. The lowest BCUT2D eigenvalue weighted by Gasteiger charge is -2.25. The molecule has 0 aromatic carbocycles. The second kappa shape index (κ2) is 4.28. The minimum absolute atomic E-state index is 0.0530. The van der Waals surface area contributed by atoms with Gasteiger partial charge in [0, 0.05) is 30.8 Å². The van der Waals surface area contributed by atoms with Crippen molar-refractivity contribution in [1.29, 1.82) is 0 Å². The zero-order valence-electron chi connectivity index (χ0n) is 7.62. The number of amides is 1. The van der Waals surface area contributed by atoms with E-state index < -0.39 is 0 Å². The molecule has 14 heavy (non-hydrogen) atoms. The molecule has 3 nitrogen and oxygen atoms in total. The summed E-state index contributed by atoms with van der Waals surface area (Å²) in [4.78, 5) is 16.6. The van der Waals surface area contributed by atoms with Gasteiger partial charge in [-0.2, -0.15) is 11.8 Å². The normalized spacial score (nSPS) is 17.1. The molecule has 1 N–H and O–H groups in total.